The van der Waals surface area contributed by atoms with Gasteiger partial charge in [0, 0.05) is 36.5 Å². The Morgan fingerprint density at radius 3 is 1.68 bits per heavy atom. The molecule has 0 bridgehead atoms. The lowest BCUT2D eigenvalue weighted by Gasteiger charge is -2.15. The summed E-state index contributed by atoms with van der Waals surface area (Å²) >= 11 is 1.37. The van der Waals surface area contributed by atoms with Crippen molar-refractivity contribution in [1.29, 1.82) is 0 Å². The van der Waals surface area contributed by atoms with E-state index in [0.29, 0.717) is 52.9 Å². The fourth-order valence-corrected chi connectivity index (χ4v) is 4.55. The lowest BCUT2D eigenvalue weighted by atomic mass is 9.98. The van der Waals surface area contributed by atoms with Crippen LogP contribution in [-0.2, 0) is 18.9 Å². The van der Waals surface area contributed by atoms with Gasteiger partial charge in [0.2, 0.25) is 0 Å². The zero-order valence-corrected chi connectivity index (χ0v) is 22.0. The number of hydrogen-bond acceptors (Lipinski definition) is 9. The van der Waals surface area contributed by atoms with Crippen molar-refractivity contribution in [2.45, 2.75) is 0 Å². The van der Waals surface area contributed by atoms with E-state index in [1.807, 2.05) is 42.5 Å². The van der Waals surface area contributed by atoms with Crippen LogP contribution in [0, 0.1) is 0 Å². The summed E-state index contributed by atoms with van der Waals surface area (Å²) in [4.78, 5) is 0. The Morgan fingerprint density at radius 2 is 1.08 bits per heavy atom. The Hall–Kier alpha value is -3.08. The van der Waals surface area contributed by atoms with Gasteiger partial charge in [-0.3, -0.25) is 0 Å². The zero-order chi connectivity index (χ0) is 25.7. The van der Waals surface area contributed by atoms with Crippen LogP contribution in [0.4, 0.5) is 0 Å². The molecule has 3 aromatic carbocycles. The normalized spacial score (nSPS) is 11.2. The van der Waals surface area contributed by atoms with E-state index in [1.54, 1.807) is 14.2 Å². The van der Waals surface area contributed by atoms with Crippen molar-refractivity contribution in [3.8, 4) is 33.8 Å². The predicted octanol–water partition coefficient (Wildman–Crippen LogP) is 5.11. The van der Waals surface area contributed by atoms with Crippen molar-refractivity contribution in [3.63, 3.8) is 0 Å². The van der Waals surface area contributed by atoms with Crippen molar-refractivity contribution in [3.05, 3.63) is 60.7 Å². The van der Waals surface area contributed by atoms with Crippen LogP contribution in [0.15, 0.2) is 60.7 Å². The molecular formula is C28H32N2O6S. The molecule has 0 aliphatic heterocycles. The van der Waals surface area contributed by atoms with Gasteiger partial charge in [-0.2, -0.15) is 0 Å². The average molecular weight is 525 g/mol. The maximum Gasteiger partial charge on any atom is 0.127 e. The molecule has 0 fully saturated rings. The fraction of sp³-hybridized carbons (Fsp3) is 0.357. The maximum absolute atomic E-state index is 6.07. The van der Waals surface area contributed by atoms with Crippen LogP contribution in [-0.4, -0.2) is 76.7 Å². The molecule has 0 unspecified atom stereocenters. The third-order valence-corrected chi connectivity index (χ3v) is 6.35. The molecule has 8 nitrogen and oxygen atoms in total. The molecule has 0 spiro atoms. The van der Waals surface area contributed by atoms with Crippen LogP contribution < -0.4 is 9.47 Å². The number of ether oxygens (including phenoxy) is 6. The van der Waals surface area contributed by atoms with E-state index >= 15 is 0 Å². The first-order valence-electron chi connectivity index (χ1n) is 12.2. The highest BCUT2D eigenvalue weighted by Gasteiger charge is 2.18. The molecule has 1 heterocycles. The highest BCUT2D eigenvalue weighted by Crippen LogP contribution is 2.41. The molecular weight excluding hydrogens is 492 g/mol. The summed E-state index contributed by atoms with van der Waals surface area (Å²) in [7, 11) is 3.31. The molecule has 0 saturated carbocycles. The van der Waals surface area contributed by atoms with Crippen LogP contribution in [0.5, 0.6) is 11.5 Å². The Balaban J connectivity index is 1.54. The first-order valence-corrected chi connectivity index (χ1v) is 12.9. The largest absolute Gasteiger partial charge is 0.491 e. The van der Waals surface area contributed by atoms with E-state index in [4.69, 9.17) is 28.4 Å². The number of para-hydroxylation sites is 2. The molecule has 4 aromatic rings. The minimum absolute atomic E-state index is 0.442. The summed E-state index contributed by atoms with van der Waals surface area (Å²) in [5, 5.41) is 4.49. The number of benzene rings is 3. The Morgan fingerprint density at radius 1 is 0.568 bits per heavy atom. The van der Waals surface area contributed by atoms with Crippen LogP contribution >= 0.6 is 11.5 Å². The molecule has 196 valence electrons. The SMILES string of the molecule is COCCOCCOc1ccccc1-c1ccc(-c2ccccc2OCCOCCOC)c2snnc12. The van der Waals surface area contributed by atoms with Gasteiger partial charge in [0.15, 0.2) is 0 Å². The van der Waals surface area contributed by atoms with Crippen molar-refractivity contribution >= 4 is 21.7 Å². The molecule has 4 rings (SSSR count). The first kappa shape index (κ1) is 27.0. The number of aromatic nitrogens is 2. The molecule has 0 aliphatic carbocycles. The second-order valence-electron chi connectivity index (χ2n) is 8.01. The lowest BCUT2D eigenvalue weighted by Crippen LogP contribution is -2.10. The summed E-state index contributed by atoms with van der Waals surface area (Å²) in [5.41, 5.74) is 4.76. The second-order valence-corrected chi connectivity index (χ2v) is 8.77. The molecule has 0 saturated heterocycles. The van der Waals surface area contributed by atoms with Gasteiger partial charge in [0.1, 0.15) is 30.2 Å². The highest BCUT2D eigenvalue weighted by atomic mass is 32.1. The van der Waals surface area contributed by atoms with E-state index in [2.05, 4.69) is 27.8 Å². The van der Waals surface area contributed by atoms with Gasteiger partial charge in [0.05, 0.1) is 44.3 Å². The van der Waals surface area contributed by atoms with Gasteiger partial charge in [-0.05, 0) is 23.7 Å². The number of nitrogens with zero attached hydrogens (tertiary/aromatic N) is 2. The number of hydrogen-bond donors (Lipinski definition) is 0. The summed E-state index contributed by atoms with van der Waals surface area (Å²) in [6, 6.07) is 20.1. The van der Waals surface area contributed by atoms with Crippen molar-refractivity contribution in [2.24, 2.45) is 0 Å². The van der Waals surface area contributed by atoms with E-state index in [-0.39, 0.29) is 0 Å². The lowest BCUT2D eigenvalue weighted by molar-refractivity contribution is 0.0545. The fourth-order valence-electron chi connectivity index (χ4n) is 3.83. The molecule has 0 atom stereocenters. The highest BCUT2D eigenvalue weighted by molar-refractivity contribution is 7.13. The average Bonchev–Trinajstić information content (AvgIpc) is 3.43. The third-order valence-electron chi connectivity index (χ3n) is 5.59. The molecule has 1 aromatic heterocycles. The second kappa shape index (κ2) is 14.6. The molecule has 9 heteroatoms. The van der Waals surface area contributed by atoms with Gasteiger partial charge in [0.25, 0.3) is 0 Å². The molecule has 0 aliphatic rings. The van der Waals surface area contributed by atoms with Crippen LogP contribution in [0.3, 0.4) is 0 Å². The topological polar surface area (TPSA) is 81.2 Å². The van der Waals surface area contributed by atoms with Crippen molar-refractivity contribution in [2.75, 3.05) is 67.1 Å². The number of rotatable bonds is 16. The van der Waals surface area contributed by atoms with E-state index < -0.39 is 0 Å². The quantitative estimate of drug-likeness (QED) is 0.187. The standard InChI is InChI=1S/C28H32N2O6S/c1-31-13-15-33-17-19-35-25-9-5-3-7-21(25)23-11-12-24(28-27(23)29-30-37-28)22-8-4-6-10-26(22)36-20-18-34-16-14-32-2/h3-12H,13-20H2,1-2H3. The van der Waals surface area contributed by atoms with Gasteiger partial charge in [-0.25, -0.2) is 0 Å². The monoisotopic (exact) mass is 524 g/mol. The summed E-state index contributed by atoms with van der Waals surface area (Å²) in [5.74, 6) is 1.56. The maximum atomic E-state index is 6.07. The minimum Gasteiger partial charge on any atom is -0.491 e. The van der Waals surface area contributed by atoms with Gasteiger partial charge < -0.3 is 28.4 Å². The molecule has 37 heavy (non-hydrogen) atoms. The molecule has 0 N–H and O–H groups in total. The first-order chi connectivity index (χ1) is 18.3. The third kappa shape index (κ3) is 7.24. The zero-order valence-electron chi connectivity index (χ0n) is 21.2. The van der Waals surface area contributed by atoms with E-state index in [0.717, 1.165) is 44.0 Å². The summed E-state index contributed by atoms with van der Waals surface area (Å²) in [6.45, 7) is 4.08. The Bertz CT molecular complexity index is 1150. The smallest absolute Gasteiger partial charge is 0.127 e. The van der Waals surface area contributed by atoms with Crippen LogP contribution in [0.25, 0.3) is 32.5 Å². The Kier molecular flexibility index (Phi) is 10.6. The Labute approximate surface area is 221 Å². The van der Waals surface area contributed by atoms with E-state index in [9.17, 15) is 0 Å². The summed E-state index contributed by atoms with van der Waals surface area (Å²) < 4.78 is 38.5. The molecule has 0 radical (unpaired) electrons. The van der Waals surface area contributed by atoms with Crippen molar-refractivity contribution < 1.29 is 28.4 Å². The van der Waals surface area contributed by atoms with Gasteiger partial charge >= 0.3 is 0 Å². The predicted molar refractivity (Wildman–Crippen MR) is 145 cm³/mol. The molecule has 0 amide bonds. The number of methoxy groups -OCH3 is 2. The van der Waals surface area contributed by atoms with Crippen LogP contribution in [0.1, 0.15) is 0 Å². The van der Waals surface area contributed by atoms with Crippen LogP contribution in [0.2, 0.25) is 0 Å². The van der Waals surface area contributed by atoms with Gasteiger partial charge in [-0.15, -0.1) is 5.10 Å². The van der Waals surface area contributed by atoms with Crippen molar-refractivity contribution in [1.82, 2.24) is 9.59 Å². The minimum atomic E-state index is 0.442. The number of fused-ring (bicyclic) bond motifs is 1. The van der Waals surface area contributed by atoms with Gasteiger partial charge in [-0.1, -0.05) is 53.0 Å². The van der Waals surface area contributed by atoms with E-state index in [1.165, 1.54) is 11.5 Å². The summed E-state index contributed by atoms with van der Waals surface area (Å²) in [6.07, 6.45) is 0.